The van der Waals surface area contributed by atoms with Gasteiger partial charge in [0.25, 0.3) is 0 Å². The Bertz CT molecular complexity index is 864. The van der Waals surface area contributed by atoms with Crippen LogP contribution in [0, 0.1) is 0 Å². The maximum absolute atomic E-state index is 11.3. The van der Waals surface area contributed by atoms with Gasteiger partial charge in [0, 0.05) is 19.6 Å². The number of methoxy groups -OCH3 is 1. The van der Waals surface area contributed by atoms with Gasteiger partial charge in [0.15, 0.2) is 0 Å². The van der Waals surface area contributed by atoms with Crippen molar-refractivity contribution in [2.45, 2.75) is 32.9 Å². The van der Waals surface area contributed by atoms with Crippen molar-refractivity contribution in [3.05, 3.63) is 59.7 Å². The number of nitrogens with one attached hydrogen (secondary N) is 2. The summed E-state index contributed by atoms with van der Waals surface area (Å²) in [6.45, 7) is 5.40. The zero-order valence-corrected chi connectivity index (χ0v) is 16.2. The lowest BCUT2D eigenvalue weighted by molar-refractivity contribution is -0.140. The number of rotatable bonds is 9. The van der Waals surface area contributed by atoms with E-state index in [9.17, 15) is 4.79 Å². The lowest BCUT2D eigenvalue weighted by Gasteiger charge is -2.17. The zero-order valence-electron chi connectivity index (χ0n) is 16.2. The molecule has 0 aromatic heterocycles. The van der Waals surface area contributed by atoms with Crippen molar-refractivity contribution in [1.82, 2.24) is 10.6 Å². The quantitative estimate of drug-likeness (QED) is 0.340. The minimum Gasteiger partial charge on any atom is -0.469 e. The number of hydrogen-bond acceptors (Lipinski definition) is 4. The molecule has 0 radical (unpaired) electrons. The Morgan fingerprint density at radius 1 is 0.815 bits per heavy atom. The van der Waals surface area contributed by atoms with Crippen LogP contribution in [0.4, 0.5) is 0 Å². The number of hydrogen-bond donors (Lipinski definition) is 2. The van der Waals surface area contributed by atoms with Gasteiger partial charge in [-0.1, -0.05) is 55.5 Å². The van der Waals surface area contributed by atoms with E-state index >= 15 is 0 Å². The number of esters is 1. The maximum Gasteiger partial charge on any atom is 0.306 e. The molecule has 0 aliphatic heterocycles. The number of fused-ring (bicyclic) bond motifs is 2. The normalized spacial score (nSPS) is 11.2. The summed E-state index contributed by atoms with van der Waals surface area (Å²) in [6, 6.07) is 17.2. The predicted molar refractivity (Wildman–Crippen MR) is 112 cm³/mol. The van der Waals surface area contributed by atoms with Crippen LogP contribution in [0.25, 0.3) is 21.5 Å². The van der Waals surface area contributed by atoms with Crippen LogP contribution in [0.2, 0.25) is 0 Å². The van der Waals surface area contributed by atoms with E-state index in [4.69, 9.17) is 4.74 Å². The summed E-state index contributed by atoms with van der Waals surface area (Å²) in [5.74, 6) is -0.186. The summed E-state index contributed by atoms with van der Waals surface area (Å²) in [4.78, 5) is 11.3. The zero-order chi connectivity index (χ0) is 19.1. The molecule has 0 amide bonds. The Labute approximate surface area is 160 Å². The molecule has 0 aliphatic carbocycles. The number of ether oxygens (including phenoxy) is 1. The Morgan fingerprint density at radius 3 is 1.67 bits per heavy atom. The van der Waals surface area contributed by atoms with Crippen molar-refractivity contribution in [1.29, 1.82) is 0 Å². The molecule has 0 bridgehead atoms. The molecule has 4 nitrogen and oxygen atoms in total. The van der Waals surface area contributed by atoms with Crippen molar-refractivity contribution in [3.8, 4) is 0 Å². The van der Waals surface area contributed by atoms with Crippen LogP contribution in [0.3, 0.4) is 0 Å². The summed E-state index contributed by atoms with van der Waals surface area (Å²) in [5.41, 5.74) is 2.64. The Balaban J connectivity index is 1.99. The van der Waals surface area contributed by atoms with Crippen molar-refractivity contribution in [3.63, 3.8) is 0 Å². The highest BCUT2D eigenvalue weighted by atomic mass is 16.5. The van der Waals surface area contributed by atoms with Gasteiger partial charge in [-0.05, 0) is 45.6 Å². The van der Waals surface area contributed by atoms with Gasteiger partial charge in [0.05, 0.1) is 13.5 Å². The smallest absolute Gasteiger partial charge is 0.306 e. The molecule has 0 atom stereocenters. The third-order valence-electron chi connectivity index (χ3n) is 4.92. The summed E-state index contributed by atoms with van der Waals surface area (Å²) in [7, 11) is 1.43. The highest BCUT2D eigenvalue weighted by Gasteiger charge is 2.13. The fraction of sp³-hybridized carbons (Fsp3) is 0.348. The topological polar surface area (TPSA) is 50.4 Å². The monoisotopic (exact) mass is 364 g/mol. The SMILES string of the molecule is CCCNCc1c2ccccc2c(CNCCC(=O)OC)c2ccccc12. The predicted octanol–water partition coefficient (Wildman–Crippen LogP) is 4.15. The molecule has 27 heavy (non-hydrogen) atoms. The number of benzene rings is 3. The molecule has 0 fully saturated rings. The second-order valence-electron chi connectivity index (χ2n) is 6.73. The first-order valence-electron chi connectivity index (χ1n) is 9.65. The lowest BCUT2D eigenvalue weighted by atomic mass is 9.91. The second kappa shape index (κ2) is 9.49. The van der Waals surface area contributed by atoms with Crippen molar-refractivity contribution >= 4 is 27.5 Å². The second-order valence-corrected chi connectivity index (χ2v) is 6.73. The molecule has 0 saturated heterocycles. The fourth-order valence-electron chi connectivity index (χ4n) is 3.59. The standard InChI is InChI=1S/C23H28N2O2/c1-3-13-24-15-21-17-8-4-6-10-19(17)22(16-25-14-12-23(26)27-2)20-11-7-5-9-18(20)21/h4-11,24-25H,3,12-16H2,1-2H3. The van der Waals surface area contributed by atoms with E-state index in [0.717, 1.165) is 26.1 Å². The van der Waals surface area contributed by atoms with Crippen molar-refractivity contribution < 1.29 is 9.53 Å². The number of carbonyl (C=O) groups excluding carboxylic acids is 1. The van der Waals surface area contributed by atoms with Gasteiger partial charge in [-0.25, -0.2) is 0 Å². The average Bonchev–Trinajstić information content (AvgIpc) is 2.72. The third kappa shape index (κ3) is 4.46. The van der Waals surface area contributed by atoms with Crippen LogP contribution >= 0.6 is 0 Å². The molecule has 0 heterocycles. The first-order chi connectivity index (χ1) is 13.3. The first kappa shape index (κ1) is 19.3. The third-order valence-corrected chi connectivity index (χ3v) is 4.92. The van der Waals surface area contributed by atoms with Gasteiger partial charge < -0.3 is 15.4 Å². The van der Waals surface area contributed by atoms with Crippen LogP contribution in [0.1, 0.15) is 30.9 Å². The van der Waals surface area contributed by atoms with E-state index in [1.807, 2.05) is 0 Å². The van der Waals surface area contributed by atoms with Crippen LogP contribution in [0.15, 0.2) is 48.5 Å². The van der Waals surface area contributed by atoms with Crippen LogP contribution in [-0.2, 0) is 22.6 Å². The van der Waals surface area contributed by atoms with Crippen LogP contribution in [-0.4, -0.2) is 26.2 Å². The summed E-state index contributed by atoms with van der Waals surface area (Å²) >= 11 is 0. The Kier molecular flexibility index (Phi) is 6.80. The molecular weight excluding hydrogens is 336 g/mol. The van der Waals surface area contributed by atoms with E-state index in [0.29, 0.717) is 13.0 Å². The van der Waals surface area contributed by atoms with E-state index in [1.165, 1.54) is 39.8 Å². The van der Waals surface area contributed by atoms with Gasteiger partial charge in [0.2, 0.25) is 0 Å². The largest absolute Gasteiger partial charge is 0.469 e. The lowest BCUT2D eigenvalue weighted by Crippen LogP contribution is -2.19. The van der Waals surface area contributed by atoms with Gasteiger partial charge in [0.1, 0.15) is 0 Å². The highest BCUT2D eigenvalue weighted by Crippen LogP contribution is 2.33. The van der Waals surface area contributed by atoms with Gasteiger partial charge >= 0.3 is 5.97 Å². The van der Waals surface area contributed by atoms with E-state index in [1.54, 1.807) is 0 Å². The number of carbonyl (C=O) groups is 1. The molecule has 0 aliphatic rings. The summed E-state index contributed by atoms with van der Waals surface area (Å²) in [5, 5.41) is 12.1. The van der Waals surface area contributed by atoms with Gasteiger partial charge in [-0.3, -0.25) is 4.79 Å². The summed E-state index contributed by atoms with van der Waals surface area (Å²) < 4.78 is 4.72. The van der Waals surface area contributed by atoms with E-state index in [2.05, 4.69) is 66.1 Å². The van der Waals surface area contributed by atoms with Gasteiger partial charge in [-0.2, -0.15) is 0 Å². The Hall–Kier alpha value is -2.43. The molecular formula is C23H28N2O2. The fourth-order valence-corrected chi connectivity index (χ4v) is 3.59. The minimum atomic E-state index is -0.186. The average molecular weight is 364 g/mol. The van der Waals surface area contributed by atoms with Gasteiger partial charge in [-0.15, -0.1) is 0 Å². The molecule has 0 saturated carbocycles. The molecule has 4 heteroatoms. The molecule has 0 spiro atoms. The molecule has 3 rings (SSSR count). The van der Waals surface area contributed by atoms with Crippen molar-refractivity contribution in [2.24, 2.45) is 0 Å². The molecule has 2 N–H and O–H groups in total. The first-order valence-corrected chi connectivity index (χ1v) is 9.65. The molecule has 3 aromatic carbocycles. The molecule has 3 aromatic rings. The highest BCUT2D eigenvalue weighted by molar-refractivity contribution is 6.05. The minimum absolute atomic E-state index is 0.186. The molecule has 0 unspecified atom stereocenters. The Morgan fingerprint density at radius 2 is 1.26 bits per heavy atom. The molecule has 142 valence electrons. The van der Waals surface area contributed by atoms with E-state index < -0.39 is 0 Å². The van der Waals surface area contributed by atoms with E-state index in [-0.39, 0.29) is 5.97 Å². The van der Waals surface area contributed by atoms with Crippen molar-refractivity contribution in [2.75, 3.05) is 20.2 Å². The maximum atomic E-state index is 11.3. The van der Waals surface area contributed by atoms with Crippen LogP contribution < -0.4 is 10.6 Å². The summed E-state index contributed by atoms with van der Waals surface area (Å²) in [6.07, 6.45) is 1.50. The van der Waals surface area contributed by atoms with Crippen LogP contribution in [0.5, 0.6) is 0 Å².